The Balaban J connectivity index is 1.48. The number of carbonyl (C=O) groups is 1. The van der Waals surface area contributed by atoms with Crippen molar-refractivity contribution in [2.24, 2.45) is 0 Å². The van der Waals surface area contributed by atoms with Gasteiger partial charge < -0.3 is 14.6 Å². The van der Waals surface area contributed by atoms with Gasteiger partial charge in [-0.3, -0.25) is 4.79 Å². The summed E-state index contributed by atoms with van der Waals surface area (Å²) in [5.41, 5.74) is 10.8. The number of aromatic nitrogens is 3. The average molecular weight is 519 g/mol. The molecule has 0 atom stereocenters. The summed E-state index contributed by atoms with van der Waals surface area (Å²) in [4.78, 5) is 21.8. The third-order valence-electron chi connectivity index (χ3n) is 6.99. The fraction of sp³-hybridized carbons (Fsp3) is 0.242. The van der Waals surface area contributed by atoms with Gasteiger partial charge in [0.15, 0.2) is 5.65 Å². The first-order valence-electron chi connectivity index (χ1n) is 13.3. The zero-order valence-electron chi connectivity index (χ0n) is 23.0. The smallest absolute Gasteiger partial charge is 0.246 e. The molecule has 2 heterocycles. The van der Waals surface area contributed by atoms with Crippen LogP contribution in [0.4, 0.5) is 0 Å². The van der Waals surface area contributed by atoms with Gasteiger partial charge in [0, 0.05) is 25.8 Å². The average Bonchev–Trinajstić information content (AvgIpc) is 3.30. The summed E-state index contributed by atoms with van der Waals surface area (Å²) in [6, 6.07) is 27.5. The van der Waals surface area contributed by atoms with Crippen LogP contribution in [0, 0.1) is 13.8 Å². The first-order valence-corrected chi connectivity index (χ1v) is 13.3. The van der Waals surface area contributed by atoms with Crippen molar-refractivity contribution < 1.29 is 9.53 Å². The molecule has 6 nitrogen and oxygen atoms in total. The van der Waals surface area contributed by atoms with Gasteiger partial charge in [-0.1, -0.05) is 73.7 Å². The van der Waals surface area contributed by atoms with Crippen LogP contribution in [-0.4, -0.2) is 34.2 Å². The molecule has 1 N–H and O–H groups in total. The molecule has 3 aromatic carbocycles. The van der Waals surface area contributed by atoms with Crippen molar-refractivity contribution in [2.45, 2.75) is 40.3 Å². The molecular formula is C33H34N4O2. The van der Waals surface area contributed by atoms with E-state index in [4.69, 9.17) is 14.7 Å². The van der Waals surface area contributed by atoms with Crippen molar-refractivity contribution in [3.8, 4) is 22.3 Å². The maximum absolute atomic E-state index is 12.1. The van der Waals surface area contributed by atoms with Gasteiger partial charge in [0.2, 0.25) is 5.91 Å². The monoisotopic (exact) mass is 518 g/mol. The molecule has 0 aliphatic carbocycles. The molecule has 0 saturated carbocycles. The summed E-state index contributed by atoms with van der Waals surface area (Å²) >= 11 is 0. The Morgan fingerprint density at radius 1 is 0.897 bits per heavy atom. The molecule has 0 unspecified atom stereocenters. The first-order chi connectivity index (χ1) is 19.0. The molecule has 2 aromatic heterocycles. The molecule has 198 valence electrons. The lowest BCUT2D eigenvalue weighted by molar-refractivity contribution is -0.124. The second kappa shape index (κ2) is 11.6. The van der Waals surface area contributed by atoms with Crippen molar-refractivity contribution in [3.63, 3.8) is 0 Å². The molecule has 6 heteroatoms. The zero-order chi connectivity index (χ0) is 27.4. The van der Waals surface area contributed by atoms with E-state index in [0.717, 1.165) is 62.5 Å². The quantitative estimate of drug-likeness (QED) is 0.250. The van der Waals surface area contributed by atoms with E-state index in [2.05, 4.69) is 84.4 Å². The highest BCUT2D eigenvalue weighted by atomic mass is 16.5. The summed E-state index contributed by atoms with van der Waals surface area (Å²) in [6.07, 6.45) is 0.845. The molecule has 0 spiro atoms. The van der Waals surface area contributed by atoms with Crippen molar-refractivity contribution in [2.75, 3.05) is 13.7 Å². The highest BCUT2D eigenvalue weighted by molar-refractivity contribution is 5.79. The number of fused-ring (bicyclic) bond motifs is 1. The zero-order valence-corrected chi connectivity index (χ0v) is 23.0. The van der Waals surface area contributed by atoms with Crippen LogP contribution in [0.25, 0.3) is 33.4 Å². The molecule has 0 aliphatic rings. The van der Waals surface area contributed by atoms with E-state index >= 15 is 0 Å². The van der Waals surface area contributed by atoms with Crippen molar-refractivity contribution in [1.82, 2.24) is 19.9 Å². The van der Waals surface area contributed by atoms with E-state index in [1.807, 2.05) is 25.1 Å². The SMILES string of the molecule is CCc1nc2c(C)cc(C)nc2n1Cc1ccc(-c2cc(-c3ccccc3)ccc2CNC(=O)COC)cc1. The number of nitrogens with one attached hydrogen (secondary N) is 1. The molecule has 0 fully saturated rings. The van der Waals surface area contributed by atoms with Gasteiger partial charge >= 0.3 is 0 Å². The van der Waals surface area contributed by atoms with Crippen molar-refractivity contribution in [1.29, 1.82) is 0 Å². The van der Waals surface area contributed by atoms with E-state index in [1.54, 1.807) is 0 Å². The largest absolute Gasteiger partial charge is 0.375 e. The van der Waals surface area contributed by atoms with Crippen LogP contribution in [0.15, 0.2) is 78.9 Å². The molecule has 5 aromatic rings. The standard InChI is InChI=1S/C33H34N4O2/c1-5-30-36-32-22(2)17-23(3)35-33(32)37(30)20-24-11-13-26(14-12-24)29-18-27(25-9-7-6-8-10-25)15-16-28(29)19-34-31(38)21-39-4/h6-18H,5,19-21H2,1-4H3,(H,34,38). The van der Waals surface area contributed by atoms with Gasteiger partial charge in [0.25, 0.3) is 0 Å². The third kappa shape index (κ3) is 5.76. The van der Waals surface area contributed by atoms with Gasteiger partial charge in [0.1, 0.15) is 17.9 Å². The Morgan fingerprint density at radius 2 is 1.64 bits per heavy atom. The van der Waals surface area contributed by atoms with Gasteiger partial charge in [0.05, 0.1) is 6.54 Å². The molecule has 39 heavy (non-hydrogen) atoms. The number of pyridine rings is 1. The highest BCUT2D eigenvalue weighted by Gasteiger charge is 2.15. The van der Waals surface area contributed by atoms with E-state index in [-0.39, 0.29) is 12.5 Å². The fourth-order valence-corrected chi connectivity index (χ4v) is 5.04. The molecule has 0 bridgehead atoms. The molecule has 0 aliphatic heterocycles. The summed E-state index contributed by atoms with van der Waals surface area (Å²) in [7, 11) is 1.52. The minimum atomic E-state index is -0.135. The number of carbonyl (C=O) groups excluding carboxylic acids is 1. The maximum atomic E-state index is 12.1. The number of imidazole rings is 1. The number of aryl methyl sites for hydroxylation is 3. The first kappa shape index (κ1) is 26.3. The topological polar surface area (TPSA) is 69.0 Å². The van der Waals surface area contributed by atoms with E-state index in [9.17, 15) is 4.79 Å². The fourth-order valence-electron chi connectivity index (χ4n) is 5.04. The Kier molecular flexibility index (Phi) is 7.84. The van der Waals surface area contributed by atoms with Crippen LogP contribution in [0.2, 0.25) is 0 Å². The number of ether oxygens (including phenoxy) is 1. The highest BCUT2D eigenvalue weighted by Crippen LogP contribution is 2.30. The van der Waals surface area contributed by atoms with E-state index < -0.39 is 0 Å². The van der Waals surface area contributed by atoms with Crippen LogP contribution >= 0.6 is 0 Å². The Labute approximate surface area is 229 Å². The summed E-state index contributed by atoms with van der Waals surface area (Å²) in [5.74, 6) is 0.907. The summed E-state index contributed by atoms with van der Waals surface area (Å²) in [5, 5.41) is 2.97. The number of amides is 1. The van der Waals surface area contributed by atoms with Gasteiger partial charge in [-0.15, -0.1) is 0 Å². The second-order valence-electron chi connectivity index (χ2n) is 9.87. The molecule has 0 saturated heterocycles. The van der Waals surface area contributed by atoms with Crippen molar-refractivity contribution >= 4 is 17.1 Å². The van der Waals surface area contributed by atoms with Crippen LogP contribution in [0.1, 0.15) is 35.1 Å². The van der Waals surface area contributed by atoms with Crippen molar-refractivity contribution in [3.05, 3.63) is 107 Å². The molecular weight excluding hydrogens is 484 g/mol. The Morgan fingerprint density at radius 3 is 2.36 bits per heavy atom. The second-order valence-corrected chi connectivity index (χ2v) is 9.87. The van der Waals surface area contributed by atoms with Crippen LogP contribution in [0.5, 0.6) is 0 Å². The number of benzene rings is 3. The number of hydrogen-bond donors (Lipinski definition) is 1. The third-order valence-corrected chi connectivity index (χ3v) is 6.99. The van der Waals surface area contributed by atoms with E-state index in [0.29, 0.717) is 13.1 Å². The number of rotatable bonds is 9. The van der Waals surface area contributed by atoms with Crippen LogP contribution in [-0.2, 0) is 29.0 Å². The Hall–Kier alpha value is -4.29. The molecule has 0 radical (unpaired) electrons. The van der Waals surface area contributed by atoms with Crippen LogP contribution in [0.3, 0.4) is 0 Å². The Bertz CT molecular complexity index is 1610. The minimum Gasteiger partial charge on any atom is -0.375 e. The summed E-state index contributed by atoms with van der Waals surface area (Å²) < 4.78 is 7.21. The molecule has 1 amide bonds. The van der Waals surface area contributed by atoms with Crippen LogP contribution < -0.4 is 5.32 Å². The minimum absolute atomic E-state index is 0.0444. The van der Waals surface area contributed by atoms with E-state index in [1.165, 1.54) is 12.7 Å². The lowest BCUT2D eigenvalue weighted by Crippen LogP contribution is -2.26. The number of nitrogens with zero attached hydrogens (tertiary/aromatic N) is 3. The molecule has 5 rings (SSSR count). The van der Waals surface area contributed by atoms with Gasteiger partial charge in [-0.25, -0.2) is 9.97 Å². The summed E-state index contributed by atoms with van der Waals surface area (Å²) in [6.45, 7) is 7.45. The maximum Gasteiger partial charge on any atom is 0.246 e. The normalized spacial score (nSPS) is 11.2. The van der Waals surface area contributed by atoms with Gasteiger partial charge in [-0.05, 0) is 64.9 Å². The number of methoxy groups -OCH3 is 1. The number of hydrogen-bond acceptors (Lipinski definition) is 4. The lowest BCUT2D eigenvalue weighted by Gasteiger charge is -2.15. The predicted octanol–water partition coefficient (Wildman–Crippen LogP) is 6.26. The van der Waals surface area contributed by atoms with Gasteiger partial charge in [-0.2, -0.15) is 0 Å². The predicted molar refractivity (Wildman–Crippen MR) is 157 cm³/mol. The lowest BCUT2D eigenvalue weighted by atomic mass is 9.94.